The monoisotopic (exact) mass is 354 g/mol. The summed E-state index contributed by atoms with van der Waals surface area (Å²) in [4.78, 5) is 29.3. The molecule has 136 valence electrons. The molecule has 2 aromatic heterocycles. The highest BCUT2D eigenvalue weighted by Gasteiger charge is 2.18. The quantitative estimate of drug-likeness (QED) is 0.723. The Morgan fingerprint density at radius 1 is 1.15 bits per heavy atom. The van der Waals surface area contributed by atoms with E-state index in [0.29, 0.717) is 23.9 Å². The smallest absolute Gasteiger partial charge is 0.274 e. The molecule has 0 aliphatic rings. The van der Waals surface area contributed by atoms with Gasteiger partial charge in [-0.1, -0.05) is 32.0 Å². The van der Waals surface area contributed by atoms with Gasteiger partial charge in [-0.25, -0.2) is 9.67 Å². The molecule has 0 radical (unpaired) electrons. The molecule has 1 amide bonds. The number of aromatic nitrogens is 5. The van der Waals surface area contributed by atoms with Crippen LogP contribution in [0.1, 0.15) is 31.3 Å². The van der Waals surface area contributed by atoms with Crippen molar-refractivity contribution in [3.8, 4) is 0 Å². The fourth-order valence-electron chi connectivity index (χ4n) is 2.82. The highest BCUT2D eigenvalue weighted by atomic mass is 16.2. The molecule has 1 unspecified atom stereocenters. The van der Waals surface area contributed by atoms with Gasteiger partial charge in [0.15, 0.2) is 5.69 Å². The van der Waals surface area contributed by atoms with Gasteiger partial charge in [-0.05, 0) is 18.9 Å². The number of hydrogen-bond donors (Lipinski definition) is 1. The van der Waals surface area contributed by atoms with Crippen molar-refractivity contribution in [2.24, 2.45) is 5.92 Å². The molecular formula is C18H22N6O2. The van der Waals surface area contributed by atoms with E-state index in [0.717, 1.165) is 0 Å². The number of benzene rings is 1. The maximum Gasteiger partial charge on any atom is 0.274 e. The molecule has 0 aliphatic carbocycles. The Hall–Kier alpha value is -3.03. The number of fused-ring (bicyclic) bond motifs is 1. The van der Waals surface area contributed by atoms with E-state index < -0.39 is 0 Å². The molecule has 0 fully saturated rings. The highest BCUT2D eigenvalue weighted by Crippen LogP contribution is 2.14. The lowest BCUT2D eigenvalue weighted by molar-refractivity contribution is 0.0930. The van der Waals surface area contributed by atoms with Crippen LogP contribution in [0.4, 0.5) is 0 Å². The Kier molecular flexibility index (Phi) is 5.11. The molecule has 3 rings (SSSR count). The van der Waals surface area contributed by atoms with Crippen LogP contribution in [0, 0.1) is 5.92 Å². The molecular weight excluding hydrogens is 332 g/mol. The van der Waals surface area contributed by atoms with Gasteiger partial charge >= 0.3 is 0 Å². The van der Waals surface area contributed by atoms with Crippen LogP contribution in [0.3, 0.4) is 0 Å². The van der Waals surface area contributed by atoms with Crippen molar-refractivity contribution in [2.75, 3.05) is 0 Å². The van der Waals surface area contributed by atoms with Crippen LogP contribution in [0.5, 0.6) is 0 Å². The maximum absolute atomic E-state index is 12.8. The molecule has 0 saturated heterocycles. The van der Waals surface area contributed by atoms with E-state index in [1.54, 1.807) is 35.3 Å². The van der Waals surface area contributed by atoms with Crippen LogP contribution in [-0.4, -0.2) is 36.5 Å². The van der Waals surface area contributed by atoms with Gasteiger partial charge in [0.25, 0.3) is 11.5 Å². The lowest BCUT2D eigenvalue weighted by atomic mass is 10.1. The largest absolute Gasteiger partial charge is 0.346 e. The molecule has 8 heteroatoms. The van der Waals surface area contributed by atoms with Crippen molar-refractivity contribution in [3.63, 3.8) is 0 Å². The molecule has 0 spiro atoms. The third-order valence-corrected chi connectivity index (χ3v) is 3.93. The Morgan fingerprint density at radius 3 is 2.54 bits per heavy atom. The van der Waals surface area contributed by atoms with E-state index in [4.69, 9.17) is 0 Å². The first-order valence-corrected chi connectivity index (χ1v) is 8.59. The van der Waals surface area contributed by atoms with E-state index in [1.165, 1.54) is 11.0 Å². The van der Waals surface area contributed by atoms with Crippen LogP contribution in [0.25, 0.3) is 10.8 Å². The first-order valence-electron chi connectivity index (χ1n) is 8.59. The summed E-state index contributed by atoms with van der Waals surface area (Å²) in [6.45, 7) is 6.84. The van der Waals surface area contributed by atoms with Gasteiger partial charge in [0.2, 0.25) is 0 Å². The first kappa shape index (κ1) is 17.8. The number of hydrogen-bond acceptors (Lipinski definition) is 5. The summed E-state index contributed by atoms with van der Waals surface area (Å²) >= 11 is 0. The van der Waals surface area contributed by atoms with Crippen molar-refractivity contribution in [2.45, 2.75) is 39.9 Å². The van der Waals surface area contributed by atoms with Gasteiger partial charge in [0, 0.05) is 18.0 Å². The predicted octanol–water partition coefficient (Wildman–Crippen LogP) is 1.46. The van der Waals surface area contributed by atoms with Crippen LogP contribution in [0.15, 0.2) is 41.7 Å². The average molecular weight is 354 g/mol. The topological polar surface area (TPSA) is 94.7 Å². The zero-order chi connectivity index (χ0) is 18.7. The summed E-state index contributed by atoms with van der Waals surface area (Å²) < 4.78 is 3.03. The van der Waals surface area contributed by atoms with E-state index in [-0.39, 0.29) is 29.1 Å². The summed E-state index contributed by atoms with van der Waals surface area (Å²) in [6, 6.07) is 6.89. The molecule has 2 heterocycles. The molecule has 0 aliphatic heterocycles. The van der Waals surface area contributed by atoms with Crippen molar-refractivity contribution < 1.29 is 4.79 Å². The number of nitrogens with one attached hydrogen (secondary N) is 1. The van der Waals surface area contributed by atoms with E-state index >= 15 is 0 Å². The summed E-state index contributed by atoms with van der Waals surface area (Å²) in [5.74, 6) is -0.0742. The van der Waals surface area contributed by atoms with Crippen LogP contribution in [0.2, 0.25) is 0 Å². The Labute approximate surface area is 150 Å². The van der Waals surface area contributed by atoms with Crippen molar-refractivity contribution in [1.82, 2.24) is 29.9 Å². The van der Waals surface area contributed by atoms with Gasteiger partial charge in [-0.2, -0.15) is 10.2 Å². The summed E-state index contributed by atoms with van der Waals surface area (Å²) in [7, 11) is 0. The molecule has 0 bridgehead atoms. The van der Waals surface area contributed by atoms with Crippen LogP contribution >= 0.6 is 0 Å². The summed E-state index contributed by atoms with van der Waals surface area (Å²) in [6.07, 6.45) is 3.05. The third-order valence-electron chi connectivity index (χ3n) is 3.93. The first-order chi connectivity index (χ1) is 12.5. The van der Waals surface area contributed by atoms with E-state index in [2.05, 4.69) is 20.5 Å². The standard InChI is InChI=1S/C18H22N6O2/c1-12(2)8-24-18(26)15-7-5-4-6-14(15)16(22-24)17(25)21-13(3)9-23-11-19-10-20-23/h4-7,10-13H,8-9H2,1-3H3,(H,21,25). The SMILES string of the molecule is CC(C)Cn1nc(C(=O)NC(C)Cn2cncn2)c2ccccc2c1=O. The molecule has 26 heavy (non-hydrogen) atoms. The molecule has 0 saturated carbocycles. The Bertz CT molecular complexity index is 961. The van der Waals surface area contributed by atoms with E-state index in [1.807, 2.05) is 20.8 Å². The maximum atomic E-state index is 12.8. The van der Waals surface area contributed by atoms with Gasteiger partial charge < -0.3 is 5.32 Å². The Balaban J connectivity index is 1.93. The van der Waals surface area contributed by atoms with Crippen molar-refractivity contribution in [3.05, 3.63) is 53.0 Å². The third kappa shape index (κ3) is 3.79. The lowest BCUT2D eigenvalue weighted by Crippen LogP contribution is -2.38. The fourth-order valence-corrected chi connectivity index (χ4v) is 2.82. The second-order valence-electron chi connectivity index (χ2n) is 6.77. The second-order valence-corrected chi connectivity index (χ2v) is 6.77. The molecule has 3 aromatic rings. The number of carbonyl (C=O) groups excluding carboxylic acids is 1. The number of amides is 1. The number of nitrogens with zero attached hydrogens (tertiary/aromatic N) is 5. The van der Waals surface area contributed by atoms with Crippen molar-refractivity contribution in [1.29, 1.82) is 0 Å². The highest BCUT2D eigenvalue weighted by molar-refractivity contribution is 6.04. The fraction of sp³-hybridized carbons (Fsp3) is 0.389. The van der Waals surface area contributed by atoms with Crippen LogP contribution in [-0.2, 0) is 13.1 Å². The minimum absolute atomic E-state index is 0.171. The van der Waals surface area contributed by atoms with Gasteiger partial charge in [0.05, 0.1) is 11.9 Å². The molecule has 1 N–H and O–H groups in total. The van der Waals surface area contributed by atoms with E-state index in [9.17, 15) is 9.59 Å². The predicted molar refractivity (Wildman–Crippen MR) is 97.8 cm³/mol. The summed E-state index contributed by atoms with van der Waals surface area (Å²) in [5.41, 5.74) is 0.0767. The number of carbonyl (C=O) groups is 1. The zero-order valence-electron chi connectivity index (χ0n) is 15.1. The normalized spacial score (nSPS) is 12.5. The number of rotatable bonds is 6. The molecule has 1 atom stereocenters. The van der Waals surface area contributed by atoms with Crippen LogP contribution < -0.4 is 10.9 Å². The average Bonchev–Trinajstić information content (AvgIpc) is 3.09. The lowest BCUT2D eigenvalue weighted by Gasteiger charge is -2.16. The molecule has 1 aromatic carbocycles. The van der Waals surface area contributed by atoms with Gasteiger partial charge in [-0.3, -0.25) is 14.3 Å². The van der Waals surface area contributed by atoms with Crippen molar-refractivity contribution >= 4 is 16.7 Å². The Morgan fingerprint density at radius 2 is 1.88 bits per heavy atom. The zero-order valence-corrected chi connectivity index (χ0v) is 15.1. The second kappa shape index (κ2) is 7.47. The van der Waals surface area contributed by atoms with Gasteiger partial charge in [-0.15, -0.1) is 0 Å². The minimum Gasteiger partial charge on any atom is -0.346 e. The van der Waals surface area contributed by atoms with Gasteiger partial charge in [0.1, 0.15) is 12.7 Å². The summed E-state index contributed by atoms with van der Waals surface area (Å²) in [5, 5.41) is 12.4. The minimum atomic E-state index is -0.314. The molecule has 8 nitrogen and oxygen atoms in total.